The minimum Gasteiger partial charge on any atom is -0.479 e. The van der Waals surface area contributed by atoms with Crippen molar-refractivity contribution in [1.82, 2.24) is 5.32 Å². The molecule has 1 aliphatic heterocycles. The van der Waals surface area contributed by atoms with E-state index in [0.717, 1.165) is 23.9 Å². The van der Waals surface area contributed by atoms with Gasteiger partial charge in [-0.25, -0.2) is 9.79 Å². The molecule has 0 spiro atoms. The van der Waals surface area contributed by atoms with Crippen LogP contribution in [0.25, 0.3) is 6.08 Å². The molecule has 1 amide bonds. The van der Waals surface area contributed by atoms with Gasteiger partial charge in [-0.1, -0.05) is 30.7 Å². The van der Waals surface area contributed by atoms with Crippen LogP contribution in [0.5, 0.6) is 5.75 Å². The van der Waals surface area contributed by atoms with Crippen LogP contribution >= 0.6 is 23.4 Å². The number of hydrogen-bond donors (Lipinski definition) is 2. The lowest BCUT2D eigenvalue weighted by molar-refractivity contribution is -0.145. The maximum atomic E-state index is 13.0. The summed E-state index contributed by atoms with van der Waals surface area (Å²) in [5.41, 5.74) is -0.456. The van der Waals surface area contributed by atoms with E-state index < -0.39 is 34.7 Å². The summed E-state index contributed by atoms with van der Waals surface area (Å²) in [5, 5.41) is 11.3. The molecule has 1 atom stereocenters. The van der Waals surface area contributed by atoms with E-state index in [-0.39, 0.29) is 22.2 Å². The SMILES string of the molecule is CCC(Oc1cccc(/C=C2/SC(=Nc3ccc(Cl)c(C(F)(F)F)c3)NC2=O)c1)C(=O)O. The fraction of sp³-hybridized carbons (Fsp3) is 0.190. The second-order valence-electron chi connectivity index (χ2n) is 6.57. The van der Waals surface area contributed by atoms with E-state index in [9.17, 15) is 22.8 Å². The van der Waals surface area contributed by atoms with Gasteiger partial charge in [-0.2, -0.15) is 13.2 Å². The molecule has 32 heavy (non-hydrogen) atoms. The number of alkyl halides is 3. The van der Waals surface area contributed by atoms with Gasteiger partial charge in [-0.3, -0.25) is 4.79 Å². The van der Waals surface area contributed by atoms with E-state index in [1.54, 1.807) is 37.3 Å². The monoisotopic (exact) mass is 484 g/mol. The summed E-state index contributed by atoms with van der Waals surface area (Å²) < 4.78 is 44.5. The van der Waals surface area contributed by atoms with Crippen LogP contribution in [-0.4, -0.2) is 28.3 Å². The Bertz CT molecular complexity index is 1120. The van der Waals surface area contributed by atoms with Crippen LogP contribution in [0.2, 0.25) is 5.02 Å². The molecule has 2 aromatic rings. The molecule has 2 aromatic carbocycles. The highest BCUT2D eigenvalue weighted by Crippen LogP contribution is 2.37. The number of benzene rings is 2. The van der Waals surface area contributed by atoms with Crippen molar-refractivity contribution in [3.05, 3.63) is 63.5 Å². The lowest BCUT2D eigenvalue weighted by Crippen LogP contribution is -2.25. The molecule has 0 radical (unpaired) electrons. The molecule has 2 N–H and O–H groups in total. The van der Waals surface area contributed by atoms with Crippen LogP contribution in [0.4, 0.5) is 18.9 Å². The lowest BCUT2D eigenvalue weighted by Gasteiger charge is -2.13. The molecule has 11 heteroatoms. The highest BCUT2D eigenvalue weighted by atomic mass is 35.5. The number of carboxylic acid groups (broad SMARTS) is 1. The Balaban J connectivity index is 1.80. The maximum Gasteiger partial charge on any atom is 0.417 e. The average molecular weight is 485 g/mol. The molecule has 6 nitrogen and oxygen atoms in total. The van der Waals surface area contributed by atoms with Crippen LogP contribution in [-0.2, 0) is 15.8 Å². The van der Waals surface area contributed by atoms with E-state index in [1.807, 2.05) is 0 Å². The predicted molar refractivity (Wildman–Crippen MR) is 116 cm³/mol. The van der Waals surface area contributed by atoms with Gasteiger partial charge in [0, 0.05) is 0 Å². The zero-order valence-electron chi connectivity index (χ0n) is 16.4. The quantitative estimate of drug-likeness (QED) is 0.529. The summed E-state index contributed by atoms with van der Waals surface area (Å²) in [7, 11) is 0. The molecule has 0 bridgehead atoms. The number of nitrogens with zero attached hydrogens (tertiary/aromatic N) is 1. The number of halogens is 4. The first-order valence-corrected chi connectivity index (χ1v) is 10.4. The third-order valence-corrected chi connectivity index (χ3v) is 5.46. The third kappa shape index (κ3) is 5.83. The van der Waals surface area contributed by atoms with Gasteiger partial charge in [0.2, 0.25) is 0 Å². The van der Waals surface area contributed by atoms with Crippen LogP contribution in [0.1, 0.15) is 24.5 Å². The van der Waals surface area contributed by atoms with E-state index >= 15 is 0 Å². The van der Waals surface area contributed by atoms with Gasteiger partial charge in [0.15, 0.2) is 11.3 Å². The van der Waals surface area contributed by atoms with Crippen molar-refractivity contribution in [1.29, 1.82) is 0 Å². The number of rotatable bonds is 6. The standard InChI is InChI=1S/C21H16ClF3N2O4S/c1-2-16(19(29)30)31-13-5-3-4-11(8-13)9-17-18(28)27-20(32-17)26-12-6-7-15(22)14(10-12)21(23,24)25/h3-10,16H,2H2,1H3,(H,29,30)(H,26,27,28)/b17-9+. The molecule has 1 saturated heterocycles. The summed E-state index contributed by atoms with van der Waals surface area (Å²) in [6.07, 6.45) is -3.81. The van der Waals surface area contributed by atoms with Gasteiger partial charge in [-0.05, 0) is 60.2 Å². The van der Waals surface area contributed by atoms with Crippen molar-refractivity contribution in [3.8, 4) is 5.75 Å². The summed E-state index contributed by atoms with van der Waals surface area (Å²) in [5.74, 6) is -1.23. The highest BCUT2D eigenvalue weighted by molar-refractivity contribution is 8.18. The Morgan fingerprint density at radius 2 is 2.06 bits per heavy atom. The number of hydrogen-bond acceptors (Lipinski definition) is 5. The topological polar surface area (TPSA) is 88.0 Å². The molecule has 0 aliphatic carbocycles. The zero-order chi connectivity index (χ0) is 23.5. The van der Waals surface area contributed by atoms with Gasteiger partial charge in [0.1, 0.15) is 5.75 Å². The first-order chi connectivity index (χ1) is 15.1. The zero-order valence-corrected chi connectivity index (χ0v) is 18.0. The van der Waals surface area contributed by atoms with Crippen molar-refractivity contribution in [2.75, 3.05) is 0 Å². The van der Waals surface area contributed by atoms with E-state index in [1.165, 1.54) is 6.07 Å². The molecule has 168 valence electrons. The van der Waals surface area contributed by atoms with Crippen LogP contribution in [0, 0.1) is 0 Å². The fourth-order valence-corrected chi connectivity index (χ4v) is 3.77. The summed E-state index contributed by atoms with van der Waals surface area (Å²) in [6.45, 7) is 1.68. The number of aliphatic carboxylic acids is 1. The molecule has 0 aromatic heterocycles. The van der Waals surface area contributed by atoms with Gasteiger partial charge >= 0.3 is 12.1 Å². The molecule has 3 rings (SSSR count). The number of carbonyl (C=O) groups excluding carboxylic acids is 1. The smallest absolute Gasteiger partial charge is 0.417 e. The molecule has 1 heterocycles. The van der Waals surface area contributed by atoms with Crippen molar-refractivity contribution in [3.63, 3.8) is 0 Å². The first kappa shape index (κ1) is 23.7. The Hall–Kier alpha value is -2.98. The number of amides is 1. The van der Waals surface area contributed by atoms with Gasteiger partial charge in [0.05, 0.1) is 21.2 Å². The van der Waals surface area contributed by atoms with Crippen molar-refractivity contribution in [2.45, 2.75) is 25.6 Å². The van der Waals surface area contributed by atoms with Crippen molar-refractivity contribution >= 4 is 52.2 Å². The van der Waals surface area contributed by atoms with Gasteiger partial charge in [0.25, 0.3) is 5.91 Å². The van der Waals surface area contributed by atoms with E-state index in [2.05, 4.69) is 10.3 Å². The molecule has 0 saturated carbocycles. The Kier molecular flexibility index (Phi) is 7.15. The first-order valence-electron chi connectivity index (χ1n) is 9.22. The molecule has 1 aliphatic rings. The largest absolute Gasteiger partial charge is 0.479 e. The Morgan fingerprint density at radius 3 is 2.72 bits per heavy atom. The van der Waals surface area contributed by atoms with Crippen LogP contribution < -0.4 is 10.1 Å². The second kappa shape index (κ2) is 9.66. The fourth-order valence-electron chi connectivity index (χ4n) is 2.70. The minimum absolute atomic E-state index is 0.0135. The predicted octanol–water partition coefficient (Wildman–Crippen LogP) is 5.49. The summed E-state index contributed by atoms with van der Waals surface area (Å²) >= 11 is 6.57. The maximum absolute atomic E-state index is 13.0. The number of thioether (sulfide) groups is 1. The number of amidine groups is 1. The van der Waals surface area contributed by atoms with Gasteiger partial charge < -0.3 is 15.2 Å². The normalized spacial score (nSPS) is 17.5. The number of ether oxygens (including phenoxy) is 1. The van der Waals surface area contributed by atoms with Crippen LogP contribution in [0.3, 0.4) is 0 Å². The van der Waals surface area contributed by atoms with Crippen LogP contribution in [0.15, 0.2) is 52.4 Å². The summed E-state index contributed by atoms with van der Waals surface area (Å²) in [6, 6.07) is 9.73. The minimum atomic E-state index is -4.63. The van der Waals surface area contributed by atoms with Crippen molar-refractivity contribution in [2.24, 2.45) is 4.99 Å². The van der Waals surface area contributed by atoms with E-state index in [0.29, 0.717) is 11.3 Å². The summed E-state index contributed by atoms with van der Waals surface area (Å²) in [4.78, 5) is 27.7. The number of carbonyl (C=O) groups is 2. The van der Waals surface area contributed by atoms with E-state index in [4.69, 9.17) is 21.4 Å². The number of nitrogens with one attached hydrogen (secondary N) is 1. The van der Waals surface area contributed by atoms with Crippen molar-refractivity contribution < 1.29 is 32.6 Å². The Labute approximate surface area is 190 Å². The molecular formula is C21H16ClF3N2O4S. The molecule has 1 unspecified atom stereocenters. The molecule has 1 fully saturated rings. The van der Waals surface area contributed by atoms with Gasteiger partial charge in [-0.15, -0.1) is 0 Å². The average Bonchev–Trinajstić information content (AvgIpc) is 3.05. The second-order valence-corrected chi connectivity index (χ2v) is 8.01. The highest BCUT2D eigenvalue weighted by Gasteiger charge is 2.33. The molecular weight excluding hydrogens is 469 g/mol. The third-order valence-electron chi connectivity index (χ3n) is 4.22. The number of aliphatic imine (C=N–C) groups is 1. The lowest BCUT2D eigenvalue weighted by atomic mass is 10.2. The number of carboxylic acids is 1. The Morgan fingerprint density at radius 1 is 1.31 bits per heavy atom.